The minimum atomic E-state index is -3.67. The number of alkyl halides is 3. The smallest absolute Gasteiger partial charge is 0.387 e. The van der Waals surface area contributed by atoms with E-state index >= 15 is 0 Å². The summed E-state index contributed by atoms with van der Waals surface area (Å²) >= 11 is 16.2. The van der Waals surface area contributed by atoms with Crippen LogP contribution in [0, 0.1) is 11.8 Å². The Bertz CT molecular complexity index is 1690. The molecule has 15 heteroatoms. The van der Waals surface area contributed by atoms with Gasteiger partial charge in [0.1, 0.15) is 11.9 Å². The van der Waals surface area contributed by atoms with Crippen LogP contribution in [0.3, 0.4) is 0 Å². The number of aromatic nitrogens is 1. The number of esters is 1. The van der Waals surface area contributed by atoms with E-state index in [4.69, 9.17) is 42.1 Å². The lowest BCUT2D eigenvalue weighted by molar-refractivity contribution is -0.0515. The van der Waals surface area contributed by atoms with Crippen molar-refractivity contribution in [3.8, 4) is 17.2 Å². The number of pyridine rings is 1. The molecule has 0 unspecified atom stereocenters. The number of anilines is 1. The highest BCUT2D eigenvalue weighted by atomic mass is 79.9. The highest BCUT2D eigenvalue weighted by Crippen LogP contribution is 2.39. The molecule has 1 atom stereocenters. The van der Waals surface area contributed by atoms with Crippen LogP contribution in [0.2, 0.25) is 10.0 Å². The Balaban J connectivity index is 1.49. The maximum Gasteiger partial charge on any atom is 0.387 e. The molecular weight excluding hydrogens is 757 g/mol. The number of sulfonamides is 1. The molecule has 5 rings (SSSR count). The van der Waals surface area contributed by atoms with Gasteiger partial charge in [0.25, 0.3) is 0 Å². The molecule has 1 aromatic heterocycles. The molecule has 0 bridgehead atoms. The van der Waals surface area contributed by atoms with E-state index in [1.807, 2.05) is 0 Å². The standard InChI is InChI=1S/C33H35BrCl2F2N2O7S/c1-48(42,43)40(12-2-11-34)27-9-7-23(14-30(27)44-18-20-3-4-20)32(41)46-29(15-24-25(35)16-39-17-26(24)36)22-8-10-28(47-33(37)38)31(13-22)45-19-21-5-6-21/h7-10,13-14,16-17,20-21,29,33H,2-6,11-12,15,18-19H2,1H3/t29-/m0/s1. The zero-order chi connectivity index (χ0) is 34.4. The number of hydrogen-bond donors (Lipinski definition) is 0. The van der Waals surface area contributed by atoms with Crippen molar-refractivity contribution >= 4 is 60.8 Å². The highest BCUT2D eigenvalue weighted by Gasteiger charge is 2.29. The first kappa shape index (κ1) is 36.4. The van der Waals surface area contributed by atoms with Crippen molar-refractivity contribution in [2.24, 2.45) is 11.8 Å². The van der Waals surface area contributed by atoms with Crippen LogP contribution in [0.25, 0.3) is 0 Å². The van der Waals surface area contributed by atoms with Gasteiger partial charge in [-0.3, -0.25) is 9.29 Å². The van der Waals surface area contributed by atoms with Gasteiger partial charge in [0.2, 0.25) is 10.0 Å². The second-order valence-corrected chi connectivity index (χ2v) is 15.3. The van der Waals surface area contributed by atoms with Crippen LogP contribution in [-0.2, 0) is 21.2 Å². The summed E-state index contributed by atoms with van der Waals surface area (Å²) in [5, 5.41) is 1.09. The number of nitrogens with zero attached hydrogens (tertiary/aromatic N) is 2. The summed E-state index contributed by atoms with van der Waals surface area (Å²) < 4.78 is 75.9. The molecule has 2 fully saturated rings. The van der Waals surface area contributed by atoms with Crippen LogP contribution in [0.1, 0.15) is 59.7 Å². The first-order valence-corrected chi connectivity index (χ1v) is 19.2. The zero-order valence-electron chi connectivity index (χ0n) is 26.0. The Labute approximate surface area is 297 Å². The van der Waals surface area contributed by atoms with E-state index in [-0.39, 0.29) is 45.8 Å². The SMILES string of the molecule is CS(=O)(=O)N(CCCBr)c1ccc(C(=O)O[C@@H](Cc2c(Cl)cncc2Cl)c2ccc(OC(F)F)c(OCC3CC3)c2)cc1OCC1CC1. The van der Waals surface area contributed by atoms with Gasteiger partial charge < -0.3 is 18.9 Å². The van der Waals surface area contributed by atoms with Crippen molar-refractivity contribution in [1.82, 2.24) is 4.98 Å². The number of carbonyl (C=O) groups excluding carboxylic acids is 1. The molecule has 0 radical (unpaired) electrons. The Morgan fingerprint density at radius 3 is 2.21 bits per heavy atom. The molecule has 9 nitrogen and oxygen atoms in total. The normalized spacial score (nSPS) is 15.2. The van der Waals surface area contributed by atoms with Gasteiger partial charge in [-0.2, -0.15) is 8.78 Å². The van der Waals surface area contributed by atoms with Crippen LogP contribution < -0.4 is 18.5 Å². The molecule has 260 valence electrons. The van der Waals surface area contributed by atoms with Gasteiger partial charge in [0.15, 0.2) is 11.5 Å². The quantitative estimate of drug-likeness (QED) is 0.0938. The highest BCUT2D eigenvalue weighted by molar-refractivity contribution is 9.09. The number of ether oxygens (including phenoxy) is 4. The van der Waals surface area contributed by atoms with Crippen molar-refractivity contribution in [2.45, 2.75) is 51.2 Å². The second-order valence-electron chi connectivity index (χ2n) is 11.8. The zero-order valence-corrected chi connectivity index (χ0v) is 30.0. The van der Waals surface area contributed by atoms with Gasteiger partial charge in [-0.05, 0) is 85.4 Å². The number of hydrogen-bond acceptors (Lipinski definition) is 8. The average molecular weight is 793 g/mol. The van der Waals surface area contributed by atoms with E-state index in [1.54, 1.807) is 0 Å². The molecule has 2 aromatic carbocycles. The van der Waals surface area contributed by atoms with Gasteiger partial charge in [-0.25, -0.2) is 13.2 Å². The predicted octanol–water partition coefficient (Wildman–Crippen LogP) is 8.26. The largest absolute Gasteiger partial charge is 0.491 e. The van der Waals surface area contributed by atoms with Crippen molar-refractivity contribution in [3.05, 3.63) is 75.5 Å². The molecule has 0 amide bonds. The number of benzene rings is 2. The fourth-order valence-corrected chi connectivity index (χ4v) is 6.63. The molecule has 2 aliphatic carbocycles. The first-order valence-electron chi connectivity index (χ1n) is 15.4. The van der Waals surface area contributed by atoms with Crippen molar-refractivity contribution in [3.63, 3.8) is 0 Å². The van der Waals surface area contributed by atoms with Crippen LogP contribution in [0.4, 0.5) is 14.5 Å². The number of rotatable bonds is 18. The summed E-state index contributed by atoms with van der Waals surface area (Å²) in [5.41, 5.74) is 1.30. The van der Waals surface area contributed by atoms with Gasteiger partial charge in [0.05, 0.1) is 40.8 Å². The molecule has 2 aliphatic rings. The lowest BCUT2D eigenvalue weighted by Gasteiger charge is -2.25. The molecule has 0 spiro atoms. The minimum absolute atomic E-state index is 0.0144. The van der Waals surface area contributed by atoms with E-state index in [0.717, 1.165) is 31.9 Å². The fourth-order valence-electron chi connectivity index (χ4n) is 4.89. The first-order chi connectivity index (χ1) is 22.9. The Morgan fingerprint density at radius 2 is 1.62 bits per heavy atom. The predicted molar refractivity (Wildman–Crippen MR) is 183 cm³/mol. The maximum atomic E-state index is 13.8. The number of halogens is 5. The van der Waals surface area contributed by atoms with Crippen LogP contribution in [0.15, 0.2) is 48.8 Å². The Hall–Kier alpha value is -2.87. The van der Waals surface area contributed by atoms with E-state index in [9.17, 15) is 22.0 Å². The van der Waals surface area contributed by atoms with Gasteiger partial charge in [-0.1, -0.05) is 45.2 Å². The Morgan fingerprint density at radius 1 is 0.979 bits per heavy atom. The summed E-state index contributed by atoms with van der Waals surface area (Å²) in [7, 11) is -3.67. The third-order valence-corrected chi connectivity index (χ3v) is 10.2. The minimum Gasteiger partial charge on any atom is -0.491 e. The monoisotopic (exact) mass is 790 g/mol. The van der Waals surface area contributed by atoms with Gasteiger partial charge in [0, 0.05) is 30.7 Å². The Kier molecular flexibility index (Phi) is 12.3. The average Bonchev–Trinajstić information content (AvgIpc) is 3.96. The lowest BCUT2D eigenvalue weighted by atomic mass is 10.0. The van der Waals surface area contributed by atoms with Crippen molar-refractivity contribution in [2.75, 3.05) is 35.6 Å². The van der Waals surface area contributed by atoms with Gasteiger partial charge in [-0.15, -0.1) is 0 Å². The fraction of sp³-hybridized carbons (Fsp3) is 0.455. The molecular formula is C33H35BrCl2F2N2O7S. The third kappa shape index (κ3) is 10.1. The summed E-state index contributed by atoms with van der Waals surface area (Å²) in [4.78, 5) is 17.8. The van der Waals surface area contributed by atoms with E-state index in [2.05, 4.69) is 20.9 Å². The molecule has 2 saturated carbocycles. The lowest BCUT2D eigenvalue weighted by Crippen LogP contribution is -2.31. The summed E-state index contributed by atoms with van der Waals surface area (Å²) in [6.07, 6.45) is 7.47. The van der Waals surface area contributed by atoms with Crippen LogP contribution in [0.5, 0.6) is 17.2 Å². The van der Waals surface area contributed by atoms with Crippen LogP contribution in [-0.4, -0.2) is 57.3 Å². The van der Waals surface area contributed by atoms with Crippen molar-refractivity contribution in [1.29, 1.82) is 0 Å². The van der Waals surface area contributed by atoms with Gasteiger partial charge >= 0.3 is 12.6 Å². The molecule has 0 N–H and O–H groups in total. The topological polar surface area (TPSA) is 104 Å². The number of carbonyl (C=O) groups is 1. The molecule has 1 heterocycles. The molecule has 48 heavy (non-hydrogen) atoms. The maximum absolute atomic E-state index is 13.8. The summed E-state index contributed by atoms with van der Waals surface area (Å²) in [6.45, 7) is -2.16. The molecule has 3 aromatic rings. The van der Waals surface area contributed by atoms with E-state index in [1.165, 1.54) is 53.1 Å². The molecule has 0 saturated heterocycles. The summed E-state index contributed by atoms with van der Waals surface area (Å²) in [6, 6.07) is 8.82. The molecule has 0 aliphatic heterocycles. The summed E-state index contributed by atoms with van der Waals surface area (Å²) in [5.74, 6) is 0.102. The van der Waals surface area contributed by atoms with Crippen molar-refractivity contribution < 1.29 is 40.9 Å². The second kappa shape index (κ2) is 16.2. The van der Waals surface area contributed by atoms with Crippen LogP contribution >= 0.6 is 39.1 Å². The van der Waals surface area contributed by atoms with E-state index in [0.29, 0.717) is 53.6 Å². The third-order valence-electron chi connectivity index (χ3n) is 7.85. The van der Waals surface area contributed by atoms with E-state index < -0.39 is 28.7 Å².